The highest BCUT2D eigenvalue weighted by molar-refractivity contribution is 5.93. The zero-order valence-electron chi connectivity index (χ0n) is 14.0. The highest BCUT2D eigenvalue weighted by Crippen LogP contribution is 2.09. The Morgan fingerprint density at radius 3 is 2.65 bits per heavy atom. The third-order valence-electron chi connectivity index (χ3n) is 5.19. The van der Waals surface area contributed by atoms with Gasteiger partial charge in [-0.2, -0.15) is 0 Å². The average Bonchev–Trinajstić information content (AvgIpc) is 3.09. The smallest absolute Gasteiger partial charge is 0.282 e. The molecule has 0 aliphatic carbocycles. The minimum absolute atomic E-state index is 0.000475. The number of anilines is 1. The van der Waals surface area contributed by atoms with Gasteiger partial charge in [0.1, 0.15) is 38.8 Å². The summed E-state index contributed by atoms with van der Waals surface area (Å²) in [4.78, 5) is 15.4. The van der Waals surface area contributed by atoms with Crippen LogP contribution in [0, 0.1) is 0 Å². The molecule has 0 radical (unpaired) electrons. The second kappa shape index (κ2) is 7.90. The summed E-state index contributed by atoms with van der Waals surface area (Å²) in [5.74, 6) is 0.119. The molecule has 2 fully saturated rings. The Morgan fingerprint density at radius 1 is 1.26 bits per heavy atom. The highest BCUT2D eigenvalue weighted by atomic mass is 16.5. The first-order valence-electron chi connectivity index (χ1n) is 8.88. The first-order chi connectivity index (χ1) is 11.2. The molecule has 5 heteroatoms. The van der Waals surface area contributed by atoms with E-state index in [2.05, 4.69) is 5.32 Å². The summed E-state index contributed by atoms with van der Waals surface area (Å²) in [6.07, 6.45) is 2.90. The first kappa shape index (κ1) is 16.4. The molecule has 3 N–H and O–H groups in total. The molecule has 2 saturated heterocycles. The zero-order chi connectivity index (χ0) is 16.1. The number of carbonyl (C=O) groups excluding carboxylic acids is 1. The van der Waals surface area contributed by atoms with Crippen molar-refractivity contribution in [2.24, 2.45) is 0 Å². The largest absolute Gasteiger partial charge is 0.372 e. The lowest BCUT2D eigenvalue weighted by molar-refractivity contribution is -1.02. The van der Waals surface area contributed by atoms with Crippen molar-refractivity contribution in [3.8, 4) is 0 Å². The van der Waals surface area contributed by atoms with Crippen molar-refractivity contribution in [3.05, 3.63) is 30.3 Å². The summed E-state index contributed by atoms with van der Waals surface area (Å²) in [6, 6.07) is 9.72. The van der Waals surface area contributed by atoms with Gasteiger partial charge in [0, 0.05) is 12.3 Å². The summed E-state index contributed by atoms with van der Waals surface area (Å²) < 4.78 is 5.74. The lowest BCUT2D eigenvalue weighted by Crippen LogP contribution is -3.30. The molecule has 3 rings (SSSR count). The highest BCUT2D eigenvalue weighted by Gasteiger charge is 2.32. The predicted octanol–water partition coefficient (Wildman–Crippen LogP) is -1.02. The first-order valence-corrected chi connectivity index (χ1v) is 8.88. The molecule has 1 amide bonds. The van der Waals surface area contributed by atoms with Crippen molar-refractivity contribution in [3.63, 3.8) is 0 Å². The molecular formula is C18H29N3O2+2. The van der Waals surface area contributed by atoms with Gasteiger partial charge in [0.05, 0.1) is 0 Å². The van der Waals surface area contributed by atoms with E-state index >= 15 is 0 Å². The Kier molecular flexibility index (Phi) is 5.65. The van der Waals surface area contributed by atoms with Gasteiger partial charge >= 0.3 is 0 Å². The van der Waals surface area contributed by atoms with Crippen molar-refractivity contribution in [2.75, 3.05) is 44.6 Å². The quantitative estimate of drug-likeness (QED) is 0.650. The number of ether oxygens (including phenoxy) is 1. The van der Waals surface area contributed by atoms with Crippen molar-refractivity contribution in [2.45, 2.75) is 31.9 Å². The molecule has 0 saturated carbocycles. The average molecular weight is 319 g/mol. The summed E-state index contributed by atoms with van der Waals surface area (Å²) in [6.45, 7) is 8.51. The maximum Gasteiger partial charge on any atom is 0.282 e. The standard InChI is InChI=1S/C18H27N3O2/c1-15(18(22)19-16-6-3-2-4-7-16)21-11-9-20(10-12-21)14-17-8-5-13-23-17/h2-4,6-7,15,17H,5,8-14H2,1H3,(H,19,22)/p+2/t15-,17+/m0/s1. The van der Waals surface area contributed by atoms with Gasteiger partial charge < -0.3 is 19.9 Å². The molecule has 126 valence electrons. The monoisotopic (exact) mass is 319 g/mol. The van der Waals surface area contributed by atoms with Crippen LogP contribution in [-0.4, -0.2) is 57.4 Å². The Balaban J connectivity index is 1.44. The number of amides is 1. The summed E-state index contributed by atoms with van der Waals surface area (Å²) in [7, 11) is 0. The number of hydrogen-bond acceptors (Lipinski definition) is 2. The van der Waals surface area contributed by atoms with Gasteiger partial charge in [0.25, 0.3) is 5.91 Å². The van der Waals surface area contributed by atoms with E-state index in [4.69, 9.17) is 4.74 Å². The van der Waals surface area contributed by atoms with Gasteiger partial charge in [-0.1, -0.05) is 18.2 Å². The second-order valence-electron chi connectivity index (χ2n) is 6.82. The Hall–Kier alpha value is -1.43. The molecule has 1 aromatic rings. The van der Waals surface area contributed by atoms with Crippen LogP contribution in [0.15, 0.2) is 30.3 Å². The van der Waals surface area contributed by atoms with Crippen LogP contribution in [0.5, 0.6) is 0 Å². The van der Waals surface area contributed by atoms with Crippen LogP contribution < -0.4 is 15.1 Å². The molecule has 1 aromatic carbocycles. The minimum Gasteiger partial charge on any atom is -0.372 e. The van der Waals surface area contributed by atoms with E-state index in [9.17, 15) is 4.79 Å². The fraction of sp³-hybridized carbons (Fsp3) is 0.611. The van der Waals surface area contributed by atoms with E-state index in [1.807, 2.05) is 37.3 Å². The minimum atomic E-state index is -0.000475. The van der Waals surface area contributed by atoms with Crippen molar-refractivity contribution in [1.29, 1.82) is 0 Å². The Morgan fingerprint density at radius 2 is 2.00 bits per heavy atom. The molecule has 0 aromatic heterocycles. The number of para-hydroxylation sites is 1. The second-order valence-corrected chi connectivity index (χ2v) is 6.82. The number of hydrogen-bond donors (Lipinski definition) is 3. The van der Waals surface area contributed by atoms with Gasteiger partial charge in [-0.05, 0) is 31.9 Å². The molecule has 0 bridgehead atoms. The van der Waals surface area contributed by atoms with Gasteiger partial charge in [0.15, 0.2) is 6.04 Å². The van der Waals surface area contributed by atoms with Crippen LogP contribution in [0.1, 0.15) is 19.8 Å². The van der Waals surface area contributed by atoms with Gasteiger partial charge in [-0.25, -0.2) is 0 Å². The molecule has 2 aliphatic heterocycles. The molecule has 0 unspecified atom stereocenters. The fourth-order valence-corrected chi connectivity index (χ4v) is 3.65. The Labute approximate surface area is 138 Å². The van der Waals surface area contributed by atoms with Crippen LogP contribution in [0.3, 0.4) is 0 Å². The number of piperazine rings is 1. The topological polar surface area (TPSA) is 47.2 Å². The lowest BCUT2D eigenvalue weighted by atomic mass is 10.2. The van der Waals surface area contributed by atoms with Crippen molar-refractivity contribution >= 4 is 11.6 Å². The maximum atomic E-state index is 12.4. The number of rotatable bonds is 5. The SMILES string of the molecule is C[C@@H](C(=O)Nc1ccccc1)[NH+]1CC[NH+](C[C@H]2CCCO2)CC1. The molecule has 2 atom stereocenters. The molecule has 2 aliphatic rings. The number of carbonyl (C=O) groups is 1. The van der Waals surface area contributed by atoms with Crippen molar-refractivity contribution < 1.29 is 19.3 Å². The van der Waals surface area contributed by atoms with E-state index in [0.717, 1.165) is 45.0 Å². The Bertz CT molecular complexity index is 494. The van der Waals surface area contributed by atoms with Gasteiger partial charge in [0.2, 0.25) is 0 Å². The number of benzene rings is 1. The van der Waals surface area contributed by atoms with Crippen LogP contribution >= 0.6 is 0 Å². The molecule has 23 heavy (non-hydrogen) atoms. The third-order valence-corrected chi connectivity index (χ3v) is 5.19. The van der Waals surface area contributed by atoms with Crippen LogP contribution in [0.25, 0.3) is 0 Å². The zero-order valence-corrected chi connectivity index (χ0v) is 14.0. The number of quaternary nitrogens is 2. The lowest BCUT2D eigenvalue weighted by Gasteiger charge is -2.33. The fourth-order valence-electron chi connectivity index (χ4n) is 3.65. The van der Waals surface area contributed by atoms with Gasteiger partial charge in [-0.3, -0.25) is 4.79 Å². The normalized spacial score (nSPS) is 29.2. The van der Waals surface area contributed by atoms with E-state index in [-0.39, 0.29) is 11.9 Å². The molecular weight excluding hydrogens is 290 g/mol. The van der Waals surface area contributed by atoms with Gasteiger partial charge in [-0.15, -0.1) is 0 Å². The summed E-state index contributed by atoms with van der Waals surface area (Å²) in [5, 5.41) is 3.02. The summed E-state index contributed by atoms with van der Waals surface area (Å²) >= 11 is 0. The van der Waals surface area contributed by atoms with Crippen LogP contribution in [0.2, 0.25) is 0 Å². The number of nitrogens with one attached hydrogen (secondary N) is 3. The predicted molar refractivity (Wildman–Crippen MR) is 89.8 cm³/mol. The van der Waals surface area contributed by atoms with E-state index in [1.165, 1.54) is 17.7 Å². The summed E-state index contributed by atoms with van der Waals surface area (Å²) in [5.41, 5.74) is 0.881. The van der Waals surface area contributed by atoms with Crippen LogP contribution in [-0.2, 0) is 9.53 Å². The van der Waals surface area contributed by atoms with E-state index in [0.29, 0.717) is 6.10 Å². The molecule has 2 heterocycles. The maximum absolute atomic E-state index is 12.4. The molecule has 0 spiro atoms. The van der Waals surface area contributed by atoms with E-state index in [1.54, 1.807) is 4.90 Å². The van der Waals surface area contributed by atoms with Crippen molar-refractivity contribution in [1.82, 2.24) is 0 Å². The molecule has 5 nitrogen and oxygen atoms in total. The van der Waals surface area contributed by atoms with E-state index < -0.39 is 0 Å². The third kappa shape index (κ3) is 4.53. The van der Waals surface area contributed by atoms with Crippen LogP contribution in [0.4, 0.5) is 5.69 Å².